The zero-order chi connectivity index (χ0) is 19.4. The SMILES string of the molecule is CCCCc1nc(Cl)c(CO)n1Cc1ccc(-c2ccsc2C(=O)O)cc1. The van der Waals surface area contributed by atoms with Gasteiger partial charge in [0.15, 0.2) is 5.15 Å². The van der Waals surface area contributed by atoms with Gasteiger partial charge in [-0.3, -0.25) is 0 Å². The first-order valence-corrected chi connectivity index (χ1v) is 10.1. The van der Waals surface area contributed by atoms with Crippen molar-refractivity contribution in [1.29, 1.82) is 0 Å². The van der Waals surface area contributed by atoms with Crippen LogP contribution in [0.2, 0.25) is 5.15 Å². The molecule has 3 aromatic rings. The Morgan fingerprint density at radius 1 is 1.26 bits per heavy atom. The Kier molecular flexibility index (Phi) is 6.31. The number of halogens is 1. The maximum absolute atomic E-state index is 11.3. The summed E-state index contributed by atoms with van der Waals surface area (Å²) in [5.41, 5.74) is 3.25. The van der Waals surface area contributed by atoms with Gasteiger partial charge in [-0.25, -0.2) is 9.78 Å². The van der Waals surface area contributed by atoms with Crippen molar-refractivity contribution in [1.82, 2.24) is 9.55 Å². The monoisotopic (exact) mass is 404 g/mol. The molecule has 0 aliphatic rings. The summed E-state index contributed by atoms with van der Waals surface area (Å²) in [6, 6.07) is 9.61. The fourth-order valence-electron chi connectivity index (χ4n) is 3.04. The molecule has 0 aliphatic carbocycles. The molecule has 3 rings (SSSR count). The van der Waals surface area contributed by atoms with Crippen LogP contribution in [0.1, 0.15) is 46.5 Å². The molecular formula is C20H21ClN2O3S. The minimum absolute atomic E-state index is 0.160. The summed E-state index contributed by atoms with van der Waals surface area (Å²) in [6.07, 6.45) is 2.87. The number of carbonyl (C=O) groups is 1. The predicted molar refractivity (Wildman–Crippen MR) is 108 cm³/mol. The number of aliphatic hydroxyl groups is 1. The van der Waals surface area contributed by atoms with Crippen molar-refractivity contribution in [2.75, 3.05) is 0 Å². The number of hydrogen-bond donors (Lipinski definition) is 2. The first-order valence-electron chi connectivity index (χ1n) is 8.79. The molecule has 142 valence electrons. The van der Waals surface area contributed by atoms with Gasteiger partial charge in [0.05, 0.1) is 12.3 Å². The van der Waals surface area contributed by atoms with Crippen LogP contribution in [0.15, 0.2) is 35.7 Å². The van der Waals surface area contributed by atoms with Crippen LogP contribution in [-0.2, 0) is 19.6 Å². The van der Waals surface area contributed by atoms with Crippen LogP contribution < -0.4 is 0 Å². The molecule has 0 saturated heterocycles. The number of aromatic nitrogens is 2. The highest BCUT2D eigenvalue weighted by molar-refractivity contribution is 7.12. The number of aryl methyl sites for hydroxylation is 1. The third-order valence-electron chi connectivity index (χ3n) is 4.47. The fourth-order valence-corrected chi connectivity index (χ4v) is 4.06. The summed E-state index contributed by atoms with van der Waals surface area (Å²) in [5, 5.41) is 21.1. The molecule has 0 unspecified atom stereocenters. The quantitative estimate of drug-likeness (QED) is 0.563. The minimum atomic E-state index is -0.912. The van der Waals surface area contributed by atoms with E-state index in [9.17, 15) is 15.0 Å². The van der Waals surface area contributed by atoms with E-state index in [2.05, 4.69) is 11.9 Å². The van der Waals surface area contributed by atoms with Crippen molar-refractivity contribution in [2.24, 2.45) is 0 Å². The largest absolute Gasteiger partial charge is 0.477 e. The number of imidazole rings is 1. The van der Waals surface area contributed by atoms with Gasteiger partial charge in [-0.15, -0.1) is 11.3 Å². The average Bonchev–Trinajstić information content (AvgIpc) is 3.25. The van der Waals surface area contributed by atoms with Crippen molar-refractivity contribution in [3.63, 3.8) is 0 Å². The Labute approximate surface area is 166 Å². The number of hydrogen-bond acceptors (Lipinski definition) is 4. The van der Waals surface area contributed by atoms with Crippen LogP contribution in [0.25, 0.3) is 11.1 Å². The summed E-state index contributed by atoms with van der Waals surface area (Å²) < 4.78 is 1.97. The smallest absolute Gasteiger partial charge is 0.346 e. The molecule has 0 spiro atoms. The average molecular weight is 405 g/mol. The van der Waals surface area contributed by atoms with Crippen molar-refractivity contribution < 1.29 is 15.0 Å². The lowest BCUT2D eigenvalue weighted by molar-refractivity contribution is 0.0703. The van der Waals surface area contributed by atoms with Crippen molar-refractivity contribution in [2.45, 2.75) is 39.3 Å². The summed E-state index contributed by atoms with van der Waals surface area (Å²) >= 11 is 7.41. The van der Waals surface area contributed by atoms with E-state index in [0.29, 0.717) is 22.3 Å². The van der Waals surface area contributed by atoms with E-state index in [1.807, 2.05) is 34.9 Å². The number of benzene rings is 1. The topological polar surface area (TPSA) is 75.4 Å². The molecule has 0 atom stereocenters. The number of rotatable bonds is 8. The van der Waals surface area contributed by atoms with E-state index in [1.54, 1.807) is 5.38 Å². The lowest BCUT2D eigenvalue weighted by Gasteiger charge is -2.12. The Morgan fingerprint density at radius 2 is 2.00 bits per heavy atom. The Bertz CT molecular complexity index is 931. The first-order chi connectivity index (χ1) is 13.0. The number of nitrogens with zero attached hydrogens (tertiary/aromatic N) is 2. The normalized spacial score (nSPS) is 11.1. The van der Waals surface area contributed by atoms with Crippen molar-refractivity contribution in [3.05, 3.63) is 62.8 Å². The van der Waals surface area contributed by atoms with Gasteiger partial charge in [0.25, 0.3) is 0 Å². The van der Waals surface area contributed by atoms with Gasteiger partial charge >= 0.3 is 5.97 Å². The number of thiophene rings is 1. The molecule has 0 fully saturated rings. The highest BCUT2D eigenvalue weighted by atomic mass is 35.5. The van der Waals surface area contributed by atoms with E-state index in [4.69, 9.17) is 11.6 Å². The van der Waals surface area contributed by atoms with Crippen LogP contribution in [0, 0.1) is 0 Å². The second kappa shape index (κ2) is 8.69. The molecule has 7 heteroatoms. The van der Waals surface area contributed by atoms with Crippen LogP contribution >= 0.6 is 22.9 Å². The lowest BCUT2D eigenvalue weighted by Crippen LogP contribution is -2.09. The van der Waals surface area contributed by atoms with Crippen LogP contribution in [0.5, 0.6) is 0 Å². The molecule has 2 heterocycles. The third kappa shape index (κ3) is 4.24. The van der Waals surface area contributed by atoms with Gasteiger partial charge < -0.3 is 14.8 Å². The van der Waals surface area contributed by atoms with Gasteiger partial charge in [0.1, 0.15) is 10.7 Å². The maximum atomic E-state index is 11.3. The molecular weight excluding hydrogens is 384 g/mol. The Balaban J connectivity index is 1.87. The summed E-state index contributed by atoms with van der Waals surface area (Å²) in [6.45, 7) is 2.52. The van der Waals surface area contributed by atoms with Crippen LogP contribution in [0.4, 0.5) is 0 Å². The van der Waals surface area contributed by atoms with Crippen LogP contribution in [-0.4, -0.2) is 25.7 Å². The summed E-state index contributed by atoms with van der Waals surface area (Å²) in [7, 11) is 0. The second-order valence-corrected chi connectivity index (χ2v) is 7.55. The number of carboxylic acid groups (broad SMARTS) is 1. The summed E-state index contributed by atoms with van der Waals surface area (Å²) in [4.78, 5) is 16.1. The maximum Gasteiger partial charge on any atom is 0.346 e. The van der Waals surface area contributed by atoms with Gasteiger partial charge in [-0.2, -0.15) is 0 Å². The molecule has 27 heavy (non-hydrogen) atoms. The molecule has 2 aromatic heterocycles. The van der Waals surface area contributed by atoms with E-state index in [0.717, 1.165) is 41.8 Å². The molecule has 5 nitrogen and oxygen atoms in total. The molecule has 0 bridgehead atoms. The third-order valence-corrected chi connectivity index (χ3v) is 5.68. The number of aliphatic hydroxyl groups excluding tert-OH is 1. The molecule has 0 amide bonds. The molecule has 0 saturated carbocycles. The lowest BCUT2D eigenvalue weighted by atomic mass is 10.0. The Morgan fingerprint density at radius 3 is 2.63 bits per heavy atom. The molecule has 0 radical (unpaired) electrons. The standard InChI is InChI=1S/C20H21ClN2O3S/c1-2-3-4-17-22-19(21)16(12-24)23(17)11-13-5-7-14(8-6-13)15-9-10-27-18(15)20(25)26/h5-10,24H,2-4,11-12H2,1H3,(H,25,26). The molecule has 0 aliphatic heterocycles. The minimum Gasteiger partial charge on any atom is -0.477 e. The van der Waals surface area contributed by atoms with Gasteiger partial charge in [0.2, 0.25) is 0 Å². The van der Waals surface area contributed by atoms with Gasteiger partial charge in [0, 0.05) is 18.5 Å². The zero-order valence-corrected chi connectivity index (χ0v) is 16.6. The van der Waals surface area contributed by atoms with E-state index < -0.39 is 5.97 Å². The van der Waals surface area contributed by atoms with Crippen LogP contribution in [0.3, 0.4) is 0 Å². The number of aromatic carboxylic acids is 1. The molecule has 1 aromatic carbocycles. The summed E-state index contributed by atoms with van der Waals surface area (Å²) in [5.74, 6) is -0.0359. The predicted octanol–water partition coefficient (Wildman–Crippen LogP) is 4.85. The number of carboxylic acids is 1. The Hall–Kier alpha value is -2.15. The molecule has 2 N–H and O–H groups in total. The van der Waals surface area contributed by atoms with E-state index in [-0.39, 0.29) is 6.61 Å². The van der Waals surface area contributed by atoms with E-state index >= 15 is 0 Å². The second-order valence-electron chi connectivity index (χ2n) is 6.28. The number of unbranched alkanes of at least 4 members (excludes halogenated alkanes) is 1. The zero-order valence-electron chi connectivity index (χ0n) is 15.0. The van der Waals surface area contributed by atoms with Crippen molar-refractivity contribution >= 4 is 28.9 Å². The first kappa shape index (κ1) is 19.6. The van der Waals surface area contributed by atoms with E-state index in [1.165, 1.54) is 11.3 Å². The van der Waals surface area contributed by atoms with Crippen molar-refractivity contribution in [3.8, 4) is 11.1 Å². The highest BCUT2D eigenvalue weighted by Crippen LogP contribution is 2.29. The fraction of sp³-hybridized carbons (Fsp3) is 0.300. The van der Waals surface area contributed by atoms with Gasteiger partial charge in [-0.1, -0.05) is 49.2 Å². The highest BCUT2D eigenvalue weighted by Gasteiger charge is 2.16. The van der Waals surface area contributed by atoms with Gasteiger partial charge in [-0.05, 0) is 29.0 Å².